The Morgan fingerprint density at radius 3 is 1.43 bits per heavy atom. The Morgan fingerprint density at radius 2 is 1.02 bits per heavy atom. The summed E-state index contributed by atoms with van der Waals surface area (Å²) in [6.07, 6.45) is -9.76. The molecule has 2 N–H and O–H groups in total. The van der Waals surface area contributed by atoms with Crippen molar-refractivity contribution in [3.63, 3.8) is 0 Å². The number of carbonyl (C=O) groups excluding carboxylic acids is 1. The number of ether oxygens (including phenoxy) is 2. The monoisotopic (exact) mass is 649 g/mol. The standard InChI is InChI=1S/C35H25F6N3O3/c1-33(2,3)47-32(45)44-26-14-20(18-4-8-24-22(12-18)16-30(42-24)34(36,37)38)6-10-28(26)46-29-11-7-21(15-27(29)44)19-5-9-25-23(13-19)17-31(43-25)35(39,40)41/h4-17,42-43H,1-3H3. The molecule has 7 rings (SSSR count). The van der Waals surface area contributed by atoms with Gasteiger partial charge in [0.25, 0.3) is 0 Å². The highest BCUT2D eigenvalue weighted by Gasteiger charge is 2.35. The molecule has 0 radical (unpaired) electrons. The SMILES string of the molecule is CC(C)(C)OC(=O)N1c2cc(-c3ccc4[nH]c(C(F)(F)F)cc4c3)ccc2Oc2ccc(-c3ccc4[nH]c(C(F)(F)F)cc4c3)cc21. The Labute approximate surface area is 263 Å². The van der Waals surface area contributed by atoms with Crippen LogP contribution in [0.15, 0.2) is 84.9 Å². The molecular formula is C35H25F6N3O3. The van der Waals surface area contributed by atoms with Gasteiger partial charge >= 0.3 is 18.4 Å². The fourth-order valence-corrected chi connectivity index (χ4v) is 5.60. The zero-order valence-electron chi connectivity index (χ0n) is 25.0. The number of hydrogen-bond acceptors (Lipinski definition) is 3. The highest BCUT2D eigenvalue weighted by Crippen LogP contribution is 2.50. The van der Waals surface area contributed by atoms with Crippen LogP contribution in [0.1, 0.15) is 32.2 Å². The third-order valence-corrected chi connectivity index (χ3v) is 7.71. The Balaban J connectivity index is 1.32. The van der Waals surface area contributed by atoms with Crippen molar-refractivity contribution < 1.29 is 40.6 Å². The number of nitrogens with one attached hydrogen (secondary N) is 2. The van der Waals surface area contributed by atoms with E-state index in [1.165, 1.54) is 4.90 Å². The molecule has 6 aromatic rings. The van der Waals surface area contributed by atoms with Gasteiger partial charge in [-0.2, -0.15) is 26.3 Å². The number of rotatable bonds is 2. The molecule has 0 saturated carbocycles. The van der Waals surface area contributed by atoms with Crippen LogP contribution in [0.3, 0.4) is 0 Å². The summed E-state index contributed by atoms with van der Waals surface area (Å²) in [5.41, 5.74) is 1.17. The summed E-state index contributed by atoms with van der Waals surface area (Å²) < 4.78 is 91.8. The van der Waals surface area contributed by atoms with E-state index in [1.54, 1.807) is 93.6 Å². The minimum absolute atomic E-state index is 0.326. The maximum Gasteiger partial charge on any atom is 0.431 e. The van der Waals surface area contributed by atoms with Crippen LogP contribution in [0, 0.1) is 0 Å². The molecule has 12 heteroatoms. The van der Waals surface area contributed by atoms with Crippen molar-refractivity contribution in [2.24, 2.45) is 0 Å². The molecule has 1 aliphatic heterocycles. The molecule has 0 spiro atoms. The number of amides is 1. The van der Waals surface area contributed by atoms with Gasteiger partial charge in [0, 0.05) is 21.8 Å². The van der Waals surface area contributed by atoms with Crippen molar-refractivity contribution >= 4 is 39.3 Å². The molecule has 0 aliphatic carbocycles. The number of H-pyrrole nitrogens is 2. The Kier molecular flexibility index (Phi) is 6.64. The lowest BCUT2D eigenvalue weighted by molar-refractivity contribution is -0.141. The first kappa shape index (κ1) is 30.3. The van der Waals surface area contributed by atoms with Gasteiger partial charge in [0.1, 0.15) is 17.0 Å². The summed E-state index contributed by atoms with van der Waals surface area (Å²) in [7, 11) is 0. The normalized spacial score (nSPS) is 13.4. The van der Waals surface area contributed by atoms with E-state index in [0.29, 0.717) is 66.9 Å². The molecule has 0 fully saturated rings. The molecule has 3 heterocycles. The van der Waals surface area contributed by atoms with E-state index in [0.717, 1.165) is 12.1 Å². The maximum atomic E-state index is 13.8. The summed E-state index contributed by atoms with van der Waals surface area (Å²) in [6, 6.07) is 22.0. The van der Waals surface area contributed by atoms with Crippen molar-refractivity contribution in [1.82, 2.24) is 9.97 Å². The van der Waals surface area contributed by atoms with Crippen molar-refractivity contribution in [1.29, 1.82) is 0 Å². The number of fused-ring (bicyclic) bond motifs is 4. The summed E-state index contributed by atoms with van der Waals surface area (Å²) >= 11 is 0. The summed E-state index contributed by atoms with van der Waals surface area (Å²) in [5.74, 6) is 0.686. The van der Waals surface area contributed by atoms with Crippen molar-refractivity contribution in [2.45, 2.75) is 38.7 Å². The van der Waals surface area contributed by atoms with Gasteiger partial charge in [-0.15, -0.1) is 0 Å². The lowest BCUT2D eigenvalue weighted by atomic mass is 10.00. The van der Waals surface area contributed by atoms with E-state index >= 15 is 0 Å². The van der Waals surface area contributed by atoms with Crippen LogP contribution in [-0.4, -0.2) is 21.7 Å². The van der Waals surface area contributed by atoms with Crippen molar-refractivity contribution in [3.8, 4) is 33.8 Å². The van der Waals surface area contributed by atoms with E-state index in [-0.39, 0.29) is 0 Å². The first-order valence-electron chi connectivity index (χ1n) is 14.4. The van der Waals surface area contributed by atoms with E-state index in [4.69, 9.17) is 9.47 Å². The Hall–Kier alpha value is -5.39. The minimum atomic E-state index is -4.53. The van der Waals surface area contributed by atoms with Gasteiger partial charge < -0.3 is 19.4 Å². The van der Waals surface area contributed by atoms with Gasteiger partial charge in [0.15, 0.2) is 11.5 Å². The second kappa shape index (κ2) is 10.3. The molecule has 2 aromatic heterocycles. The number of aromatic amines is 2. The second-order valence-corrected chi connectivity index (χ2v) is 12.2. The highest BCUT2D eigenvalue weighted by molar-refractivity contribution is 6.03. The number of alkyl halides is 6. The quantitative estimate of drug-likeness (QED) is 0.183. The summed E-state index contributed by atoms with van der Waals surface area (Å²) in [4.78, 5) is 19.9. The van der Waals surface area contributed by atoms with Gasteiger partial charge in [-0.25, -0.2) is 9.69 Å². The third-order valence-electron chi connectivity index (χ3n) is 7.71. The van der Waals surface area contributed by atoms with Gasteiger partial charge in [0.2, 0.25) is 0 Å². The molecule has 0 atom stereocenters. The molecule has 1 amide bonds. The van der Waals surface area contributed by atoms with Crippen LogP contribution in [0.4, 0.5) is 42.5 Å². The minimum Gasteiger partial charge on any atom is -0.453 e. The van der Waals surface area contributed by atoms with E-state index in [2.05, 4.69) is 9.97 Å². The van der Waals surface area contributed by atoms with Crippen LogP contribution >= 0.6 is 0 Å². The molecule has 0 unspecified atom stereocenters. The molecule has 1 aliphatic rings. The first-order chi connectivity index (χ1) is 22.0. The summed E-state index contributed by atoms with van der Waals surface area (Å²) in [6.45, 7) is 5.17. The molecule has 4 aromatic carbocycles. The fraction of sp³-hybridized carbons (Fsp3) is 0.171. The molecular weight excluding hydrogens is 624 g/mol. The number of carbonyl (C=O) groups is 1. The van der Waals surface area contributed by atoms with Crippen LogP contribution in [0.5, 0.6) is 11.5 Å². The lowest BCUT2D eigenvalue weighted by Crippen LogP contribution is -2.35. The van der Waals surface area contributed by atoms with Crippen LogP contribution in [0.25, 0.3) is 44.1 Å². The number of benzene rings is 4. The van der Waals surface area contributed by atoms with Crippen LogP contribution in [0.2, 0.25) is 0 Å². The average Bonchev–Trinajstić information content (AvgIpc) is 3.62. The summed E-state index contributed by atoms with van der Waals surface area (Å²) in [5, 5.41) is 0.731. The van der Waals surface area contributed by atoms with Gasteiger partial charge in [0.05, 0.1) is 11.4 Å². The number of hydrogen-bond donors (Lipinski definition) is 2. The number of anilines is 2. The zero-order valence-corrected chi connectivity index (χ0v) is 25.0. The molecule has 6 nitrogen and oxygen atoms in total. The van der Waals surface area contributed by atoms with Crippen molar-refractivity contribution in [2.75, 3.05) is 4.90 Å². The average molecular weight is 650 g/mol. The lowest BCUT2D eigenvalue weighted by Gasteiger charge is -2.33. The van der Waals surface area contributed by atoms with E-state index in [9.17, 15) is 31.1 Å². The van der Waals surface area contributed by atoms with E-state index < -0.39 is 35.4 Å². The first-order valence-corrected chi connectivity index (χ1v) is 14.4. The molecule has 0 bridgehead atoms. The Bertz CT molecular complexity index is 2060. The van der Waals surface area contributed by atoms with Crippen molar-refractivity contribution in [3.05, 3.63) is 96.3 Å². The topological polar surface area (TPSA) is 70.3 Å². The number of aromatic nitrogens is 2. The third kappa shape index (κ3) is 5.64. The molecule has 47 heavy (non-hydrogen) atoms. The molecule has 0 saturated heterocycles. The zero-order chi connectivity index (χ0) is 33.5. The van der Waals surface area contributed by atoms with Crippen LogP contribution in [-0.2, 0) is 17.1 Å². The molecule has 240 valence electrons. The van der Waals surface area contributed by atoms with Gasteiger partial charge in [-0.3, -0.25) is 0 Å². The van der Waals surface area contributed by atoms with E-state index in [1.807, 2.05) is 0 Å². The largest absolute Gasteiger partial charge is 0.453 e. The highest BCUT2D eigenvalue weighted by atomic mass is 19.4. The maximum absolute atomic E-state index is 13.8. The van der Waals surface area contributed by atoms with Gasteiger partial charge in [-0.05, 0) is 104 Å². The number of halogens is 6. The predicted molar refractivity (Wildman–Crippen MR) is 166 cm³/mol. The smallest absolute Gasteiger partial charge is 0.431 e. The van der Waals surface area contributed by atoms with Crippen LogP contribution < -0.4 is 9.64 Å². The predicted octanol–water partition coefficient (Wildman–Crippen LogP) is 11.2. The number of nitrogens with zero attached hydrogens (tertiary/aromatic N) is 1. The Morgan fingerprint density at radius 1 is 0.617 bits per heavy atom. The van der Waals surface area contributed by atoms with Gasteiger partial charge in [-0.1, -0.05) is 24.3 Å². The second-order valence-electron chi connectivity index (χ2n) is 12.2. The fourth-order valence-electron chi connectivity index (χ4n) is 5.60.